The Kier molecular flexibility index (Phi) is 7.34. The van der Waals surface area contributed by atoms with E-state index >= 15 is 0 Å². The number of nitrogens with zero attached hydrogens (tertiary/aromatic N) is 1. The van der Waals surface area contributed by atoms with Gasteiger partial charge in [-0.2, -0.15) is 0 Å². The molecule has 1 amide bonds. The van der Waals surface area contributed by atoms with Gasteiger partial charge in [-0.3, -0.25) is 9.69 Å². The Morgan fingerprint density at radius 1 is 1.38 bits per heavy atom. The molecule has 0 aliphatic heterocycles. The van der Waals surface area contributed by atoms with E-state index in [2.05, 4.69) is 30.1 Å². The Morgan fingerprint density at radius 2 is 2.05 bits per heavy atom. The van der Waals surface area contributed by atoms with Crippen molar-refractivity contribution < 1.29 is 13.2 Å². The van der Waals surface area contributed by atoms with Crippen LogP contribution in [-0.4, -0.2) is 50.9 Å². The van der Waals surface area contributed by atoms with Crippen LogP contribution in [0.5, 0.6) is 0 Å². The molecule has 0 saturated heterocycles. The molecule has 0 fully saturated rings. The molecule has 0 aliphatic carbocycles. The van der Waals surface area contributed by atoms with Gasteiger partial charge in [0.05, 0.1) is 11.8 Å². The molecule has 0 saturated carbocycles. The Morgan fingerprint density at radius 3 is 2.52 bits per heavy atom. The standard InChI is InChI=1S/C14H24N2O3S2/c1-4-16(5-2)12(13-7-6-9-20-13)11-15-14(17)8-10-21(3,18)19/h6-7,9,12H,4-5,8,10-11H2,1-3H3,(H,15,17). The number of likely N-dealkylation sites (N-methyl/N-ethyl adjacent to an activating group) is 1. The number of rotatable bonds is 9. The van der Waals surface area contributed by atoms with Gasteiger partial charge in [0.1, 0.15) is 9.84 Å². The number of carbonyl (C=O) groups is 1. The van der Waals surface area contributed by atoms with Gasteiger partial charge in [-0.25, -0.2) is 8.42 Å². The molecule has 1 atom stereocenters. The summed E-state index contributed by atoms with van der Waals surface area (Å²) in [5, 5.41) is 4.88. The SMILES string of the molecule is CCN(CC)C(CNC(=O)CCS(C)(=O)=O)c1cccs1. The maximum absolute atomic E-state index is 11.8. The minimum absolute atomic E-state index is 0.0221. The first-order chi connectivity index (χ1) is 9.87. The molecule has 5 nitrogen and oxygen atoms in total. The molecule has 1 heterocycles. The highest BCUT2D eigenvalue weighted by molar-refractivity contribution is 7.90. The van der Waals surface area contributed by atoms with E-state index in [0.717, 1.165) is 19.3 Å². The zero-order chi connectivity index (χ0) is 15.9. The highest BCUT2D eigenvalue weighted by atomic mass is 32.2. The number of nitrogens with one attached hydrogen (secondary N) is 1. The summed E-state index contributed by atoms with van der Waals surface area (Å²) in [4.78, 5) is 15.3. The first-order valence-electron chi connectivity index (χ1n) is 7.09. The monoisotopic (exact) mass is 332 g/mol. The van der Waals surface area contributed by atoms with Crippen LogP contribution < -0.4 is 5.32 Å². The van der Waals surface area contributed by atoms with Gasteiger partial charge in [-0.15, -0.1) is 11.3 Å². The van der Waals surface area contributed by atoms with Gasteiger partial charge in [-0.05, 0) is 24.5 Å². The van der Waals surface area contributed by atoms with Crippen molar-refractivity contribution in [2.75, 3.05) is 31.6 Å². The third kappa shape index (κ3) is 6.58. The molecule has 1 aromatic rings. The van der Waals surface area contributed by atoms with Gasteiger partial charge in [0, 0.05) is 24.1 Å². The minimum Gasteiger partial charge on any atom is -0.354 e. The van der Waals surface area contributed by atoms with E-state index in [1.165, 1.54) is 4.88 Å². The summed E-state index contributed by atoms with van der Waals surface area (Å²) in [7, 11) is -3.10. The van der Waals surface area contributed by atoms with Crippen LogP contribution in [0.25, 0.3) is 0 Å². The molecule has 1 N–H and O–H groups in total. The second kappa shape index (κ2) is 8.51. The van der Waals surface area contributed by atoms with Crippen molar-refractivity contribution in [1.82, 2.24) is 10.2 Å². The summed E-state index contributed by atoms with van der Waals surface area (Å²) in [5.74, 6) is -0.317. The van der Waals surface area contributed by atoms with Crippen molar-refractivity contribution in [1.29, 1.82) is 0 Å². The van der Waals surface area contributed by atoms with Gasteiger partial charge in [-0.1, -0.05) is 19.9 Å². The molecular weight excluding hydrogens is 308 g/mol. The van der Waals surface area contributed by atoms with Crippen molar-refractivity contribution >= 4 is 27.1 Å². The lowest BCUT2D eigenvalue weighted by Gasteiger charge is -2.29. The largest absolute Gasteiger partial charge is 0.354 e. The third-order valence-electron chi connectivity index (χ3n) is 3.32. The molecule has 0 bridgehead atoms. The summed E-state index contributed by atoms with van der Waals surface area (Å²) in [5.41, 5.74) is 0. The van der Waals surface area contributed by atoms with Crippen molar-refractivity contribution in [3.8, 4) is 0 Å². The quantitative estimate of drug-likeness (QED) is 0.747. The maximum Gasteiger partial charge on any atom is 0.221 e. The Balaban J connectivity index is 2.60. The third-order valence-corrected chi connectivity index (χ3v) is 5.24. The summed E-state index contributed by atoms with van der Waals surface area (Å²) in [6, 6.07) is 4.21. The van der Waals surface area contributed by atoms with Crippen LogP contribution in [0.3, 0.4) is 0 Å². The van der Waals surface area contributed by atoms with Crippen LogP contribution in [-0.2, 0) is 14.6 Å². The highest BCUT2D eigenvalue weighted by Gasteiger charge is 2.19. The van der Waals surface area contributed by atoms with E-state index in [-0.39, 0.29) is 24.1 Å². The van der Waals surface area contributed by atoms with Gasteiger partial charge in [0.25, 0.3) is 0 Å². The first-order valence-corrected chi connectivity index (χ1v) is 10.0. The van der Waals surface area contributed by atoms with E-state index in [1.807, 2.05) is 11.4 Å². The summed E-state index contributed by atoms with van der Waals surface area (Å²) in [6.45, 7) is 6.49. The number of amides is 1. The van der Waals surface area contributed by atoms with E-state index in [4.69, 9.17) is 0 Å². The fourth-order valence-corrected chi connectivity index (χ4v) is 3.55. The summed E-state index contributed by atoms with van der Waals surface area (Å²) in [6.07, 6.45) is 1.17. The molecule has 120 valence electrons. The minimum atomic E-state index is -3.10. The van der Waals surface area contributed by atoms with Crippen LogP contribution in [0, 0.1) is 0 Å². The first kappa shape index (κ1) is 18.1. The Bertz CT molecular complexity index is 522. The second-order valence-corrected chi connectivity index (χ2v) is 8.18. The summed E-state index contributed by atoms with van der Waals surface area (Å²) >= 11 is 1.67. The van der Waals surface area contributed by atoms with Crippen LogP contribution in [0.2, 0.25) is 0 Å². The van der Waals surface area contributed by atoms with E-state index < -0.39 is 9.84 Å². The number of carbonyl (C=O) groups excluding carboxylic acids is 1. The predicted molar refractivity (Wildman–Crippen MR) is 87.3 cm³/mol. The highest BCUT2D eigenvalue weighted by Crippen LogP contribution is 2.24. The zero-order valence-electron chi connectivity index (χ0n) is 12.8. The van der Waals surface area contributed by atoms with E-state index in [1.54, 1.807) is 11.3 Å². The van der Waals surface area contributed by atoms with Crippen LogP contribution in [0.15, 0.2) is 17.5 Å². The number of hydrogen-bond donors (Lipinski definition) is 1. The Hall–Kier alpha value is -0.920. The lowest BCUT2D eigenvalue weighted by atomic mass is 10.2. The average Bonchev–Trinajstić information content (AvgIpc) is 2.94. The number of hydrogen-bond acceptors (Lipinski definition) is 5. The van der Waals surface area contributed by atoms with Crippen molar-refractivity contribution in [3.63, 3.8) is 0 Å². The molecule has 0 spiro atoms. The summed E-state index contributed by atoms with van der Waals surface area (Å²) < 4.78 is 22.1. The molecule has 7 heteroatoms. The van der Waals surface area contributed by atoms with Gasteiger partial charge in [0.15, 0.2) is 0 Å². The maximum atomic E-state index is 11.8. The molecule has 0 radical (unpaired) electrons. The van der Waals surface area contributed by atoms with E-state index in [9.17, 15) is 13.2 Å². The number of sulfone groups is 1. The van der Waals surface area contributed by atoms with Gasteiger partial charge >= 0.3 is 0 Å². The molecule has 0 aromatic carbocycles. The van der Waals surface area contributed by atoms with Crippen molar-refractivity contribution in [2.24, 2.45) is 0 Å². The zero-order valence-corrected chi connectivity index (χ0v) is 14.5. The van der Waals surface area contributed by atoms with Crippen molar-refractivity contribution in [2.45, 2.75) is 26.3 Å². The fraction of sp³-hybridized carbons (Fsp3) is 0.643. The smallest absolute Gasteiger partial charge is 0.221 e. The number of thiophene rings is 1. The normalized spacial score (nSPS) is 13.3. The molecular formula is C14H24N2O3S2. The Labute approximate surface area is 131 Å². The molecule has 1 unspecified atom stereocenters. The second-order valence-electron chi connectivity index (χ2n) is 4.94. The molecule has 1 rings (SSSR count). The van der Waals surface area contributed by atoms with Crippen LogP contribution >= 0.6 is 11.3 Å². The topological polar surface area (TPSA) is 66.5 Å². The average molecular weight is 332 g/mol. The molecule has 21 heavy (non-hydrogen) atoms. The van der Waals surface area contributed by atoms with Crippen LogP contribution in [0.1, 0.15) is 31.2 Å². The van der Waals surface area contributed by atoms with Gasteiger partial charge in [0.2, 0.25) is 5.91 Å². The van der Waals surface area contributed by atoms with Crippen molar-refractivity contribution in [3.05, 3.63) is 22.4 Å². The lowest BCUT2D eigenvalue weighted by molar-refractivity contribution is -0.120. The lowest BCUT2D eigenvalue weighted by Crippen LogP contribution is -2.38. The van der Waals surface area contributed by atoms with Gasteiger partial charge < -0.3 is 5.32 Å². The van der Waals surface area contributed by atoms with Crippen LogP contribution in [0.4, 0.5) is 0 Å². The predicted octanol–water partition coefficient (Wildman–Crippen LogP) is 1.68. The molecule has 0 aliphatic rings. The van der Waals surface area contributed by atoms with E-state index in [0.29, 0.717) is 6.54 Å². The molecule has 1 aromatic heterocycles. The fourth-order valence-electron chi connectivity index (χ4n) is 2.13.